The first-order valence-electron chi connectivity index (χ1n) is 6.64. The first-order valence-corrected chi connectivity index (χ1v) is 6.64. The van der Waals surface area contributed by atoms with Gasteiger partial charge in [0.2, 0.25) is 0 Å². The molecule has 19 heavy (non-hydrogen) atoms. The zero-order valence-electron chi connectivity index (χ0n) is 11.4. The molecule has 1 aliphatic heterocycles. The molecular weight excluding hydrogens is 238 g/mol. The number of likely N-dealkylation sites (N-methyl/N-ethyl adjacent to an activating group) is 1. The summed E-state index contributed by atoms with van der Waals surface area (Å²) < 4.78 is 5.54. The van der Waals surface area contributed by atoms with Crippen molar-refractivity contribution in [3.8, 4) is 11.3 Å². The van der Waals surface area contributed by atoms with Crippen molar-refractivity contribution in [3.05, 3.63) is 41.9 Å². The van der Waals surface area contributed by atoms with Crippen LogP contribution in [0.1, 0.15) is 17.4 Å². The third-order valence-corrected chi connectivity index (χ3v) is 3.67. The van der Waals surface area contributed by atoms with Crippen molar-refractivity contribution in [2.75, 3.05) is 26.8 Å². The average Bonchev–Trinajstić information content (AvgIpc) is 2.89. The van der Waals surface area contributed by atoms with Gasteiger partial charge in [-0.1, -0.05) is 29.8 Å². The molecule has 0 bridgehead atoms. The Kier molecular flexibility index (Phi) is 3.36. The van der Waals surface area contributed by atoms with Gasteiger partial charge in [0.15, 0.2) is 0 Å². The molecule has 1 aromatic heterocycles. The van der Waals surface area contributed by atoms with E-state index in [0.29, 0.717) is 6.61 Å². The zero-order chi connectivity index (χ0) is 13.2. The van der Waals surface area contributed by atoms with E-state index in [-0.39, 0.29) is 6.04 Å². The molecular formula is C15H19N3O. The molecule has 0 aliphatic carbocycles. The monoisotopic (exact) mass is 257 g/mol. The van der Waals surface area contributed by atoms with Crippen LogP contribution in [0.25, 0.3) is 11.3 Å². The first-order chi connectivity index (χ1) is 9.24. The van der Waals surface area contributed by atoms with Crippen LogP contribution in [0.15, 0.2) is 30.5 Å². The molecule has 1 unspecified atom stereocenters. The topological polar surface area (TPSA) is 41.1 Å². The van der Waals surface area contributed by atoms with Gasteiger partial charge in [-0.05, 0) is 19.5 Å². The molecule has 0 spiro atoms. The average molecular weight is 257 g/mol. The summed E-state index contributed by atoms with van der Waals surface area (Å²) in [6.45, 7) is 4.55. The first kappa shape index (κ1) is 12.4. The largest absolute Gasteiger partial charge is 0.378 e. The number of benzene rings is 1. The Bertz CT molecular complexity index is 547. The van der Waals surface area contributed by atoms with Gasteiger partial charge < -0.3 is 9.72 Å². The second kappa shape index (κ2) is 5.15. The number of morpholine rings is 1. The second-order valence-electron chi connectivity index (χ2n) is 5.12. The van der Waals surface area contributed by atoms with Crippen LogP contribution in [-0.4, -0.2) is 41.7 Å². The Morgan fingerprint density at radius 3 is 2.84 bits per heavy atom. The Labute approximate surface area is 113 Å². The molecule has 2 heterocycles. The number of hydrogen-bond acceptors (Lipinski definition) is 3. The van der Waals surface area contributed by atoms with Crippen molar-refractivity contribution >= 4 is 0 Å². The highest BCUT2D eigenvalue weighted by Crippen LogP contribution is 2.23. The van der Waals surface area contributed by atoms with E-state index in [9.17, 15) is 0 Å². The number of aryl methyl sites for hydroxylation is 1. The highest BCUT2D eigenvalue weighted by molar-refractivity contribution is 5.58. The lowest BCUT2D eigenvalue weighted by Crippen LogP contribution is -2.37. The number of aromatic nitrogens is 2. The van der Waals surface area contributed by atoms with Crippen molar-refractivity contribution in [1.82, 2.24) is 14.9 Å². The minimum Gasteiger partial charge on any atom is -0.378 e. The lowest BCUT2D eigenvalue weighted by Gasteiger charge is -2.30. The Morgan fingerprint density at radius 2 is 2.11 bits per heavy atom. The number of hydrogen-bond donors (Lipinski definition) is 1. The summed E-state index contributed by atoms with van der Waals surface area (Å²) in [5, 5.41) is 0. The van der Waals surface area contributed by atoms with Crippen LogP contribution in [0.5, 0.6) is 0 Å². The fourth-order valence-corrected chi connectivity index (χ4v) is 2.36. The molecule has 1 aliphatic rings. The SMILES string of the molecule is Cc1ccc(-c2cnc(C3COCCN3C)[nH]2)cc1. The van der Waals surface area contributed by atoms with Gasteiger partial charge in [0, 0.05) is 6.54 Å². The summed E-state index contributed by atoms with van der Waals surface area (Å²) in [6.07, 6.45) is 1.91. The molecule has 1 atom stereocenters. The van der Waals surface area contributed by atoms with E-state index in [0.717, 1.165) is 24.7 Å². The van der Waals surface area contributed by atoms with Gasteiger partial charge in [-0.25, -0.2) is 4.98 Å². The predicted molar refractivity (Wildman–Crippen MR) is 75.0 cm³/mol. The Morgan fingerprint density at radius 1 is 1.32 bits per heavy atom. The minimum atomic E-state index is 0.230. The molecule has 4 heteroatoms. The number of nitrogens with one attached hydrogen (secondary N) is 1. The summed E-state index contributed by atoms with van der Waals surface area (Å²) in [5.74, 6) is 0.984. The van der Waals surface area contributed by atoms with E-state index in [1.54, 1.807) is 0 Å². The van der Waals surface area contributed by atoms with E-state index in [2.05, 4.69) is 53.1 Å². The molecule has 0 radical (unpaired) electrons. The number of rotatable bonds is 2. The smallest absolute Gasteiger partial charge is 0.126 e. The van der Waals surface area contributed by atoms with Crippen LogP contribution in [0.2, 0.25) is 0 Å². The third kappa shape index (κ3) is 2.55. The number of aromatic amines is 1. The number of H-pyrrole nitrogens is 1. The van der Waals surface area contributed by atoms with Crippen molar-refractivity contribution in [2.24, 2.45) is 0 Å². The molecule has 2 aromatic rings. The number of nitrogens with zero attached hydrogens (tertiary/aromatic N) is 2. The minimum absolute atomic E-state index is 0.230. The van der Waals surface area contributed by atoms with Crippen molar-refractivity contribution in [3.63, 3.8) is 0 Å². The van der Waals surface area contributed by atoms with Crippen molar-refractivity contribution in [1.29, 1.82) is 0 Å². The van der Waals surface area contributed by atoms with Crippen LogP contribution < -0.4 is 0 Å². The molecule has 1 aromatic carbocycles. The van der Waals surface area contributed by atoms with E-state index in [4.69, 9.17) is 4.74 Å². The third-order valence-electron chi connectivity index (χ3n) is 3.67. The van der Waals surface area contributed by atoms with Gasteiger partial charge in [0.25, 0.3) is 0 Å². The lowest BCUT2D eigenvalue weighted by molar-refractivity contribution is 0.00215. The predicted octanol–water partition coefficient (Wildman–Crippen LogP) is 2.39. The van der Waals surface area contributed by atoms with Gasteiger partial charge in [0.1, 0.15) is 5.82 Å². The van der Waals surface area contributed by atoms with Crippen LogP contribution in [-0.2, 0) is 4.74 Å². The molecule has 1 fully saturated rings. The molecule has 1 N–H and O–H groups in total. The molecule has 1 saturated heterocycles. The maximum atomic E-state index is 5.54. The summed E-state index contributed by atoms with van der Waals surface area (Å²) in [7, 11) is 2.11. The van der Waals surface area contributed by atoms with Crippen LogP contribution >= 0.6 is 0 Å². The van der Waals surface area contributed by atoms with Gasteiger partial charge in [-0.3, -0.25) is 4.90 Å². The van der Waals surface area contributed by atoms with Crippen molar-refractivity contribution < 1.29 is 4.74 Å². The molecule has 3 rings (SSSR count). The number of ether oxygens (including phenoxy) is 1. The number of imidazole rings is 1. The Hall–Kier alpha value is -1.65. The van der Waals surface area contributed by atoms with E-state index >= 15 is 0 Å². The second-order valence-corrected chi connectivity index (χ2v) is 5.12. The maximum absolute atomic E-state index is 5.54. The standard InChI is InChI=1S/C15H19N3O/c1-11-3-5-12(6-4-11)13-9-16-15(17-13)14-10-19-8-7-18(14)2/h3-6,9,14H,7-8,10H2,1-2H3,(H,16,17). The highest BCUT2D eigenvalue weighted by atomic mass is 16.5. The van der Waals surface area contributed by atoms with E-state index < -0.39 is 0 Å². The maximum Gasteiger partial charge on any atom is 0.126 e. The fraction of sp³-hybridized carbons (Fsp3) is 0.400. The van der Waals surface area contributed by atoms with Gasteiger partial charge in [-0.15, -0.1) is 0 Å². The molecule has 100 valence electrons. The highest BCUT2D eigenvalue weighted by Gasteiger charge is 2.23. The van der Waals surface area contributed by atoms with Crippen LogP contribution in [0.3, 0.4) is 0 Å². The normalized spacial score (nSPS) is 20.6. The molecule has 0 saturated carbocycles. The summed E-state index contributed by atoms with van der Waals surface area (Å²) in [5.41, 5.74) is 3.50. The summed E-state index contributed by atoms with van der Waals surface area (Å²) in [6, 6.07) is 8.70. The Balaban J connectivity index is 1.84. The van der Waals surface area contributed by atoms with Crippen LogP contribution in [0.4, 0.5) is 0 Å². The quantitative estimate of drug-likeness (QED) is 0.898. The van der Waals surface area contributed by atoms with Crippen molar-refractivity contribution in [2.45, 2.75) is 13.0 Å². The summed E-state index contributed by atoms with van der Waals surface area (Å²) >= 11 is 0. The van der Waals surface area contributed by atoms with Gasteiger partial charge in [-0.2, -0.15) is 0 Å². The van der Waals surface area contributed by atoms with E-state index in [1.807, 2.05) is 6.20 Å². The zero-order valence-corrected chi connectivity index (χ0v) is 11.4. The van der Waals surface area contributed by atoms with E-state index in [1.165, 1.54) is 11.1 Å². The van der Waals surface area contributed by atoms with Gasteiger partial charge >= 0.3 is 0 Å². The fourth-order valence-electron chi connectivity index (χ4n) is 2.36. The molecule has 0 amide bonds. The summed E-state index contributed by atoms with van der Waals surface area (Å²) in [4.78, 5) is 10.2. The van der Waals surface area contributed by atoms with Gasteiger partial charge in [0.05, 0.1) is 31.1 Å². The lowest BCUT2D eigenvalue weighted by atomic mass is 10.1. The van der Waals surface area contributed by atoms with Crippen LogP contribution in [0, 0.1) is 6.92 Å². The molecule has 4 nitrogen and oxygen atoms in total.